The smallest absolute Gasteiger partial charge is 0.330 e. The fourth-order valence-corrected chi connectivity index (χ4v) is 24.4. The number of aliphatic hydroxyl groups is 2. The molecule has 11 rings (SSSR count). The molecule has 10 aliphatic rings. The van der Waals surface area contributed by atoms with Gasteiger partial charge in [-0.25, -0.2) is 4.79 Å². The van der Waals surface area contributed by atoms with E-state index in [0.29, 0.717) is 62.0 Å². The fourth-order valence-electron chi connectivity index (χ4n) is 24.4. The molecule has 0 amide bonds. The molecule has 0 spiro atoms. The Morgan fingerprint density at radius 3 is 1.33 bits per heavy atom. The van der Waals surface area contributed by atoms with Gasteiger partial charge >= 0.3 is 17.6 Å². The summed E-state index contributed by atoms with van der Waals surface area (Å²) >= 11 is 0. The van der Waals surface area contributed by atoms with E-state index in [9.17, 15) is 29.4 Å². The lowest BCUT2D eigenvalue weighted by atomic mass is 9.33. The zero-order chi connectivity index (χ0) is 63.0. The summed E-state index contributed by atoms with van der Waals surface area (Å²) in [4.78, 5) is 56.6. The molecule has 1 heterocycles. The van der Waals surface area contributed by atoms with Gasteiger partial charge in [0.15, 0.2) is 0 Å². The second-order valence-corrected chi connectivity index (χ2v) is 36.3. The number of unbranched alkanes of at least 4 members (excludes halogenated alkanes) is 6. The highest BCUT2D eigenvalue weighted by atomic mass is 16.5. The van der Waals surface area contributed by atoms with Crippen molar-refractivity contribution < 1.29 is 29.3 Å². The topological polar surface area (TPSA) is 137 Å². The van der Waals surface area contributed by atoms with Crippen LogP contribution in [0.4, 0.5) is 0 Å². The number of fused-ring (bicyclic) bond motifs is 14. The van der Waals surface area contributed by atoms with Crippen molar-refractivity contribution in [2.75, 3.05) is 13.2 Å². The van der Waals surface area contributed by atoms with E-state index >= 15 is 0 Å². The predicted molar refractivity (Wildman–Crippen MR) is 349 cm³/mol. The van der Waals surface area contributed by atoms with Gasteiger partial charge in [0, 0.05) is 24.8 Å². The Balaban J connectivity index is 0.641. The lowest BCUT2D eigenvalue weighted by Gasteiger charge is -2.71. The molecule has 16 atom stereocenters. The Hall–Kier alpha value is -2.98. The predicted octanol–water partition coefficient (Wildman–Crippen LogP) is 16.9. The van der Waals surface area contributed by atoms with Crippen molar-refractivity contribution in [3.05, 3.63) is 55.9 Å². The van der Waals surface area contributed by atoms with Gasteiger partial charge in [-0.2, -0.15) is 0 Å². The van der Waals surface area contributed by atoms with Gasteiger partial charge in [-0.1, -0.05) is 133 Å². The summed E-state index contributed by atoms with van der Waals surface area (Å²) in [5, 5.41) is 22.4. The van der Waals surface area contributed by atoms with E-state index in [4.69, 9.17) is 9.47 Å². The van der Waals surface area contributed by atoms with E-state index in [2.05, 4.69) is 109 Å². The van der Waals surface area contributed by atoms with Gasteiger partial charge in [0.1, 0.15) is 0 Å². The molecule has 10 nitrogen and oxygen atoms in total. The van der Waals surface area contributed by atoms with Crippen molar-refractivity contribution in [1.82, 2.24) is 9.13 Å². The average Bonchev–Trinajstić information content (AvgIpc) is 0.687. The number of hydrogen-bond donors (Lipinski definition) is 2. The van der Waals surface area contributed by atoms with Crippen LogP contribution >= 0.6 is 0 Å². The molecule has 1 aromatic heterocycles. The van der Waals surface area contributed by atoms with Gasteiger partial charge in [-0.15, -0.1) is 0 Å². The first kappa shape index (κ1) is 65.5. The second kappa shape index (κ2) is 22.7. The Kier molecular flexibility index (Phi) is 17.1. The molecule has 0 aliphatic heterocycles. The summed E-state index contributed by atoms with van der Waals surface area (Å²) < 4.78 is 15.9. The third kappa shape index (κ3) is 10.2. The number of nitrogens with zero attached hydrogens (tertiary/aromatic N) is 2. The number of aromatic nitrogens is 2. The second-order valence-electron chi connectivity index (χ2n) is 36.3. The zero-order valence-electron chi connectivity index (χ0n) is 57.7. The summed E-state index contributed by atoms with van der Waals surface area (Å²) in [6.45, 7) is 38.0. The molecular formula is C77H122N2O8. The molecule has 488 valence electrons. The van der Waals surface area contributed by atoms with Gasteiger partial charge in [-0.3, -0.25) is 19.0 Å². The third-order valence-electron chi connectivity index (χ3n) is 30.5. The van der Waals surface area contributed by atoms with Crippen LogP contribution in [0.25, 0.3) is 0 Å². The van der Waals surface area contributed by atoms with Crippen molar-refractivity contribution in [2.24, 2.45) is 100 Å². The first-order valence-electron chi connectivity index (χ1n) is 36.1. The molecule has 10 aliphatic carbocycles. The molecule has 10 heteroatoms. The van der Waals surface area contributed by atoms with Crippen LogP contribution in [-0.4, -0.2) is 56.7 Å². The van der Waals surface area contributed by atoms with Crippen molar-refractivity contribution >= 4 is 11.9 Å². The highest BCUT2D eigenvalue weighted by molar-refractivity contribution is 5.79. The highest BCUT2D eigenvalue weighted by Gasteiger charge is 2.72. The first-order valence-corrected chi connectivity index (χ1v) is 36.1. The molecule has 87 heavy (non-hydrogen) atoms. The minimum atomic E-state index is -0.477. The van der Waals surface area contributed by atoms with Crippen LogP contribution in [0.3, 0.4) is 0 Å². The van der Waals surface area contributed by atoms with Crippen LogP contribution < -0.4 is 11.2 Å². The quantitative estimate of drug-likeness (QED) is 0.0948. The standard InChI is InChI=1S/C77H122N2O8/c1-51-50-78(44-20-16-18-22-46-86-63(83)76-40-36-66(2,3)48-54(76)52-24-26-58-70(10)32-30-60(80)68(6,7)56(70)28-34-74(58,14)72(52,12)38-42-76)65(85)79(62(51)82)45-21-17-19-23-47-87-64(84)77-41-37-67(4,5)49-55(77)53-25-27-59-71(11)33-31-61(81)69(8,9)57(71)29-35-75(59,15)73(53,13)39-43-77/h24-25,50,54-61,80-81H,16-23,26-49H2,1-15H3/t54-,55-,56-,57-,58+,59+,60-,61-,70-,71-,72+,73+,74+,75+,76-,77-/m0/s1. The number of hydrogen-bond acceptors (Lipinski definition) is 8. The number of allylic oxidation sites excluding steroid dienone is 4. The molecule has 2 N–H and O–H groups in total. The maximum absolute atomic E-state index is 14.7. The largest absolute Gasteiger partial charge is 0.465 e. The molecule has 0 radical (unpaired) electrons. The van der Waals surface area contributed by atoms with Crippen molar-refractivity contribution in [1.29, 1.82) is 0 Å². The lowest BCUT2D eigenvalue weighted by Crippen LogP contribution is -2.65. The summed E-state index contributed by atoms with van der Waals surface area (Å²) in [7, 11) is 0. The number of rotatable bonds is 16. The van der Waals surface area contributed by atoms with Crippen LogP contribution in [0.1, 0.15) is 282 Å². The highest BCUT2D eigenvalue weighted by Crippen LogP contribution is 2.78. The van der Waals surface area contributed by atoms with Gasteiger partial charge < -0.3 is 24.3 Å². The minimum absolute atomic E-state index is 0.0137. The van der Waals surface area contributed by atoms with E-state index < -0.39 is 10.8 Å². The Morgan fingerprint density at radius 1 is 0.494 bits per heavy atom. The van der Waals surface area contributed by atoms with Crippen molar-refractivity contribution in [2.45, 2.75) is 309 Å². The van der Waals surface area contributed by atoms with Crippen LogP contribution in [0, 0.1) is 107 Å². The molecule has 8 fully saturated rings. The number of carbonyl (C=O) groups is 2. The van der Waals surface area contributed by atoms with E-state index in [1.54, 1.807) is 28.8 Å². The summed E-state index contributed by atoms with van der Waals surface area (Å²) in [6, 6.07) is 0. The number of aliphatic hydroxyl groups excluding tert-OH is 2. The van der Waals surface area contributed by atoms with Crippen LogP contribution in [0.2, 0.25) is 0 Å². The Morgan fingerprint density at radius 2 is 0.897 bits per heavy atom. The minimum Gasteiger partial charge on any atom is -0.465 e. The van der Waals surface area contributed by atoms with Crippen LogP contribution in [0.5, 0.6) is 0 Å². The molecule has 1 aromatic rings. The Labute approximate surface area is 526 Å². The Bertz CT molecular complexity index is 2980. The number of ether oxygens (including phenoxy) is 2. The monoisotopic (exact) mass is 1200 g/mol. The average molecular weight is 1200 g/mol. The normalized spacial score (nSPS) is 42.8. The maximum Gasteiger partial charge on any atom is 0.330 e. The van der Waals surface area contributed by atoms with E-state index in [0.717, 1.165) is 154 Å². The summed E-state index contributed by atoms with van der Waals surface area (Å²) in [6.07, 6.45) is 33.7. The molecule has 0 aromatic carbocycles. The van der Waals surface area contributed by atoms with Crippen molar-refractivity contribution in [3.8, 4) is 0 Å². The fraction of sp³-hybridized carbons (Fsp3) is 0.870. The number of esters is 2. The summed E-state index contributed by atoms with van der Waals surface area (Å²) in [5.41, 5.74) is 3.19. The first-order chi connectivity index (χ1) is 40.6. The maximum atomic E-state index is 14.7. The third-order valence-corrected chi connectivity index (χ3v) is 30.5. The van der Waals surface area contributed by atoms with E-state index in [1.165, 1.54) is 23.8 Å². The number of carbonyl (C=O) groups excluding carboxylic acids is 2. The molecular weight excluding hydrogens is 1080 g/mol. The van der Waals surface area contributed by atoms with Gasteiger partial charge in [0.05, 0.1) is 36.3 Å². The van der Waals surface area contributed by atoms with Crippen LogP contribution in [0.15, 0.2) is 39.1 Å². The van der Waals surface area contributed by atoms with Gasteiger partial charge in [-0.05, 0) is 264 Å². The molecule has 0 saturated heterocycles. The SMILES string of the molecule is Cc1cn(CCCCCCOC(=O)[C@]23CCC(C)(C)C[C@H]2C2=CC[C@@H]4[C@@]5(C)CC[C@H](O)C(C)(C)[C@@H]5CC[C@@]4(C)[C@]2(C)CC3)c(=O)n(CCCCCCOC(=O)[C@]23CCC(C)(C)C[C@H]2C2=CC[C@@H]4[C@@]5(C)CC[C@H](O)C(C)(C)[C@@H]5CC[C@@]4(C)[C@]2(C)CC3)c1=O. The lowest BCUT2D eigenvalue weighted by molar-refractivity contribution is -0.206. The van der Waals surface area contributed by atoms with E-state index in [1.807, 2.05) is 0 Å². The van der Waals surface area contributed by atoms with Gasteiger partial charge in [0.25, 0.3) is 5.56 Å². The van der Waals surface area contributed by atoms with Crippen LogP contribution in [-0.2, 0) is 32.2 Å². The van der Waals surface area contributed by atoms with Gasteiger partial charge in [0.2, 0.25) is 0 Å². The molecule has 0 unspecified atom stereocenters. The van der Waals surface area contributed by atoms with Crippen molar-refractivity contribution in [3.63, 3.8) is 0 Å². The molecule has 8 saturated carbocycles. The molecule has 0 bridgehead atoms. The number of aryl methyl sites for hydroxylation is 2. The zero-order valence-corrected chi connectivity index (χ0v) is 57.7. The summed E-state index contributed by atoms with van der Waals surface area (Å²) in [5.74, 6) is 2.59. The van der Waals surface area contributed by atoms with E-state index in [-0.39, 0.29) is 101 Å².